The normalized spacial score (nSPS) is 30.1. The Balaban J connectivity index is 1.82. The summed E-state index contributed by atoms with van der Waals surface area (Å²) in [7, 11) is 0. The van der Waals surface area contributed by atoms with E-state index in [1.165, 1.54) is 11.3 Å². The van der Waals surface area contributed by atoms with Gasteiger partial charge >= 0.3 is 0 Å². The van der Waals surface area contributed by atoms with Gasteiger partial charge in [-0.05, 0) is 29.7 Å². The average molecular weight is 287 g/mol. The summed E-state index contributed by atoms with van der Waals surface area (Å²) in [4.78, 5) is 23.6. The van der Waals surface area contributed by atoms with Gasteiger partial charge in [0.05, 0.1) is 11.5 Å². The molecule has 0 saturated heterocycles. The van der Waals surface area contributed by atoms with Gasteiger partial charge in [0.1, 0.15) is 11.1 Å². The Morgan fingerprint density at radius 2 is 2.05 bits per heavy atom. The fourth-order valence-electron chi connectivity index (χ4n) is 3.19. The Morgan fingerprint density at radius 3 is 2.70 bits per heavy atom. The number of carbonyl (C=O) groups is 2. The Morgan fingerprint density at radius 1 is 1.35 bits per heavy atom. The maximum absolute atomic E-state index is 12.3. The minimum absolute atomic E-state index is 0.0478. The highest BCUT2D eigenvalue weighted by Gasteiger charge is 2.48. The molecule has 1 fully saturated rings. The van der Waals surface area contributed by atoms with Crippen molar-refractivity contribution < 1.29 is 14.7 Å². The zero-order valence-electron chi connectivity index (χ0n) is 10.4. The topological polar surface area (TPSA) is 93.0 Å². The number of carbonyl (C=O) groups excluding carboxylic acids is 2. The third-order valence-corrected chi connectivity index (χ3v) is 4.89. The van der Waals surface area contributed by atoms with Gasteiger partial charge in [-0.2, -0.15) is 5.26 Å². The molecule has 102 valence electrons. The van der Waals surface area contributed by atoms with E-state index in [2.05, 4.69) is 5.32 Å². The first-order chi connectivity index (χ1) is 9.61. The monoisotopic (exact) mass is 287 g/mol. The van der Waals surface area contributed by atoms with Gasteiger partial charge in [-0.1, -0.05) is 12.2 Å². The van der Waals surface area contributed by atoms with Crippen molar-refractivity contribution in [2.75, 3.05) is 5.32 Å². The fraction of sp³-hybridized carbons (Fsp3) is 0.357. The zero-order chi connectivity index (χ0) is 14.3. The van der Waals surface area contributed by atoms with Crippen LogP contribution in [0, 0.1) is 35.0 Å². The summed E-state index contributed by atoms with van der Waals surface area (Å²) in [5.41, 5.74) is 0.395. The maximum Gasteiger partial charge on any atom is 0.229 e. The third-order valence-electron chi connectivity index (χ3n) is 4.06. The molecule has 2 aliphatic rings. The molecular formula is C14H11N2O3S-. The first-order valence-corrected chi connectivity index (χ1v) is 7.17. The number of rotatable bonds is 3. The number of hydrogen-bond acceptors (Lipinski definition) is 5. The summed E-state index contributed by atoms with van der Waals surface area (Å²) >= 11 is 1.26. The van der Waals surface area contributed by atoms with Crippen LogP contribution in [0.4, 0.5) is 5.00 Å². The summed E-state index contributed by atoms with van der Waals surface area (Å²) in [6, 6.07) is 3.61. The van der Waals surface area contributed by atoms with Gasteiger partial charge in [-0.15, -0.1) is 11.3 Å². The van der Waals surface area contributed by atoms with Crippen molar-refractivity contribution in [3.8, 4) is 6.07 Å². The van der Waals surface area contributed by atoms with Crippen molar-refractivity contribution in [2.45, 2.75) is 6.42 Å². The standard InChI is InChI=1S/C14H12N2O3S/c15-6-9-3-4-20-13(9)16-12(17)10-7-1-2-8(5-7)11(10)14(18)19/h1-4,7-8,10-11H,5H2,(H,16,17)(H,18,19)/p-1/t7-,8-,10+,11-/m0/s1. The van der Waals surface area contributed by atoms with Crippen LogP contribution in [-0.4, -0.2) is 11.9 Å². The molecule has 20 heavy (non-hydrogen) atoms. The molecule has 2 aliphatic carbocycles. The van der Waals surface area contributed by atoms with E-state index in [-0.39, 0.29) is 17.7 Å². The van der Waals surface area contributed by atoms with Crippen LogP contribution >= 0.6 is 11.3 Å². The second kappa shape index (κ2) is 4.76. The van der Waals surface area contributed by atoms with Crippen LogP contribution in [-0.2, 0) is 9.59 Å². The second-order valence-corrected chi connectivity index (χ2v) is 6.00. The van der Waals surface area contributed by atoms with Gasteiger partial charge in [0, 0.05) is 11.9 Å². The summed E-state index contributed by atoms with van der Waals surface area (Å²) in [5, 5.41) is 25.1. The molecule has 0 spiro atoms. The molecule has 0 unspecified atom stereocenters. The van der Waals surface area contributed by atoms with Crippen LogP contribution < -0.4 is 10.4 Å². The molecule has 3 rings (SSSR count). The van der Waals surface area contributed by atoms with Crippen molar-refractivity contribution in [3.63, 3.8) is 0 Å². The number of carboxylic acids is 1. The van der Waals surface area contributed by atoms with Crippen LogP contribution in [0.15, 0.2) is 23.6 Å². The number of allylic oxidation sites excluding steroid dienone is 2. The highest BCUT2D eigenvalue weighted by molar-refractivity contribution is 7.14. The predicted molar refractivity (Wildman–Crippen MR) is 70.4 cm³/mol. The Labute approximate surface area is 119 Å². The van der Waals surface area contributed by atoms with E-state index in [1.54, 1.807) is 11.4 Å². The Hall–Kier alpha value is -2.13. The van der Waals surface area contributed by atoms with Crippen molar-refractivity contribution in [1.29, 1.82) is 5.26 Å². The molecule has 0 aromatic carbocycles. The number of nitrogens with one attached hydrogen (secondary N) is 1. The number of nitriles is 1. The predicted octanol–water partition coefficient (Wildman–Crippen LogP) is 0.746. The van der Waals surface area contributed by atoms with Crippen molar-refractivity contribution in [2.24, 2.45) is 23.7 Å². The van der Waals surface area contributed by atoms with E-state index in [0.717, 1.165) is 0 Å². The smallest absolute Gasteiger partial charge is 0.229 e. The lowest BCUT2D eigenvalue weighted by molar-refractivity contribution is -0.313. The zero-order valence-corrected chi connectivity index (χ0v) is 11.2. The number of aliphatic carboxylic acids is 1. The molecule has 1 aromatic rings. The summed E-state index contributed by atoms with van der Waals surface area (Å²) in [6.45, 7) is 0. The van der Waals surface area contributed by atoms with Gasteiger partial charge in [0.2, 0.25) is 5.91 Å². The van der Waals surface area contributed by atoms with E-state index in [1.807, 2.05) is 18.2 Å². The summed E-state index contributed by atoms with van der Waals surface area (Å²) < 4.78 is 0. The SMILES string of the molecule is N#Cc1ccsc1NC(=O)[C@H]1[C@@H](C(=O)[O-])[C@H]2C=C[C@H]1C2. The van der Waals surface area contributed by atoms with Crippen LogP contribution in [0.1, 0.15) is 12.0 Å². The maximum atomic E-state index is 12.3. The van der Waals surface area contributed by atoms with E-state index in [4.69, 9.17) is 5.26 Å². The lowest BCUT2D eigenvalue weighted by atomic mass is 9.82. The van der Waals surface area contributed by atoms with Crippen molar-refractivity contribution in [1.82, 2.24) is 0 Å². The highest BCUT2D eigenvalue weighted by Crippen LogP contribution is 2.48. The summed E-state index contributed by atoms with van der Waals surface area (Å²) in [6.07, 6.45) is 4.46. The number of thiophene rings is 1. The van der Waals surface area contributed by atoms with Gasteiger partial charge in [-0.25, -0.2) is 0 Å². The molecule has 0 aliphatic heterocycles. The Kier molecular flexibility index (Phi) is 3.07. The molecule has 4 atom stereocenters. The van der Waals surface area contributed by atoms with Gasteiger partial charge in [0.15, 0.2) is 0 Å². The minimum atomic E-state index is -1.17. The van der Waals surface area contributed by atoms with Gasteiger partial charge in [-0.3, -0.25) is 4.79 Å². The van der Waals surface area contributed by atoms with Crippen LogP contribution in [0.2, 0.25) is 0 Å². The number of amides is 1. The van der Waals surface area contributed by atoms with E-state index < -0.39 is 17.8 Å². The van der Waals surface area contributed by atoms with E-state index >= 15 is 0 Å². The van der Waals surface area contributed by atoms with Crippen LogP contribution in [0.5, 0.6) is 0 Å². The second-order valence-electron chi connectivity index (χ2n) is 5.08. The van der Waals surface area contributed by atoms with Gasteiger partial charge in [0.25, 0.3) is 0 Å². The molecule has 1 aromatic heterocycles. The van der Waals surface area contributed by atoms with Crippen LogP contribution in [0.3, 0.4) is 0 Å². The number of hydrogen-bond donors (Lipinski definition) is 1. The molecule has 5 nitrogen and oxygen atoms in total. The quantitative estimate of drug-likeness (QED) is 0.830. The lowest BCUT2D eigenvalue weighted by Gasteiger charge is -2.27. The van der Waals surface area contributed by atoms with Gasteiger partial charge < -0.3 is 15.2 Å². The molecule has 1 amide bonds. The average Bonchev–Trinajstić information content (AvgIpc) is 3.12. The van der Waals surface area contributed by atoms with E-state index in [0.29, 0.717) is 17.0 Å². The third kappa shape index (κ3) is 1.91. The fourth-order valence-corrected chi connectivity index (χ4v) is 3.93. The summed E-state index contributed by atoms with van der Waals surface area (Å²) in [5.74, 6) is -3.05. The number of nitrogens with zero attached hydrogens (tertiary/aromatic N) is 1. The largest absolute Gasteiger partial charge is 0.550 e. The molecule has 0 radical (unpaired) electrons. The molecule has 2 bridgehead atoms. The molecule has 6 heteroatoms. The molecular weight excluding hydrogens is 276 g/mol. The number of carboxylic acid groups (broad SMARTS) is 1. The van der Waals surface area contributed by atoms with E-state index in [9.17, 15) is 14.7 Å². The minimum Gasteiger partial charge on any atom is -0.550 e. The molecule has 1 N–H and O–H groups in total. The van der Waals surface area contributed by atoms with Crippen molar-refractivity contribution >= 4 is 28.2 Å². The van der Waals surface area contributed by atoms with Crippen molar-refractivity contribution in [3.05, 3.63) is 29.2 Å². The molecule has 1 heterocycles. The first-order valence-electron chi connectivity index (χ1n) is 6.29. The number of anilines is 1. The van der Waals surface area contributed by atoms with Crippen LogP contribution in [0.25, 0.3) is 0 Å². The number of fused-ring (bicyclic) bond motifs is 2. The highest BCUT2D eigenvalue weighted by atomic mass is 32.1. The Bertz CT molecular complexity index is 643. The lowest BCUT2D eigenvalue weighted by Crippen LogP contribution is -2.42. The molecule has 1 saturated carbocycles. The first kappa shape index (κ1) is 12.9.